The highest BCUT2D eigenvalue weighted by molar-refractivity contribution is 8.14. The van der Waals surface area contributed by atoms with Gasteiger partial charge < -0.3 is 0 Å². The van der Waals surface area contributed by atoms with Crippen molar-refractivity contribution in [3.05, 3.63) is 83.3 Å². The highest BCUT2D eigenvalue weighted by Crippen LogP contribution is 2.15. The molecule has 0 amide bonds. The van der Waals surface area contributed by atoms with E-state index in [0.29, 0.717) is 0 Å². The lowest BCUT2D eigenvalue weighted by molar-refractivity contribution is 0.108. The van der Waals surface area contributed by atoms with Crippen molar-refractivity contribution in [1.82, 2.24) is 0 Å². The zero-order valence-corrected chi connectivity index (χ0v) is 13.3. The number of carbonyl (C=O) groups is 1. The van der Waals surface area contributed by atoms with Crippen LogP contribution in [0.25, 0.3) is 0 Å². The Kier molecular flexibility index (Phi) is 7.19. The molecule has 0 unspecified atom stereocenters. The molecule has 0 aliphatic heterocycles. The van der Waals surface area contributed by atoms with E-state index in [1.54, 1.807) is 11.8 Å². The predicted molar refractivity (Wildman–Crippen MR) is 93.4 cm³/mol. The summed E-state index contributed by atoms with van der Waals surface area (Å²) >= 11 is 3.08. The standard InChI is InChI=1S/C18H17OS2/c19-18(17-11-5-2-6-12-17)21-14-8-7-13-20-15-16-9-3-1-4-10-16/h1-6,9-13H,8,14-15H2. The van der Waals surface area contributed by atoms with E-state index in [2.05, 4.69) is 30.3 Å². The van der Waals surface area contributed by atoms with Crippen molar-refractivity contribution in [2.45, 2.75) is 12.2 Å². The predicted octanol–water partition coefficient (Wildman–Crippen LogP) is 5.20. The Morgan fingerprint density at radius 1 is 1.00 bits per heavy atom. The number of rotatable bonds is 7. The molecular weight excluding hydrogens is 296 g/mol. The lowest BCUT2D eigenvalue weighted by atomic mass is 10.2. The molecule has 0 aromatic heterocycles. The van der Waals surface area contributed by atoms with E-state index in [4.69, 9.17) is 0 Å². The summed E-state index contributed by atoms with van der Waals surface area (Å²) in [7, 11) is 0. The summed E-state index contributed by atoms with van der Waals surface area (Å²) in [5.41, 5.74) is 2.08. The summed E-state index contributed by atoms with van der Waals surface area (Å²) in [6.07, 6.45) is 4.02. The lowest BCUT2D eigenvalue weighted by Gasteiger charge is -1.98. The van der Waals surface area contributed by atoms with E-state index in [0.717, 1.165) is 23.5 Å². The highest BCUT2D eigenvalue weighted by Gasteiger charge is 2.03. The minimum Gasteiger partial charge on any atom is -0.282 e. The number of benzene rings is 2. The van der Waals surface area contributed by atoms with Gasteiger partial charge in [-0.1, -0.05) is 72.4 Å². The molecule has 0 atom stereocenters. The molecular formula is C18H17OS2. The topological polar surface area (TPSA) is 17.1 Å². The van der Waals surface area contributed by atoms with Crippen molar-refractivity contribution in [2.75, 3.05) is 5.75 Å². The van der Waals surface area contributed by atoms with Crippen LogP contribution < -0.4 is 0 Å². The van der Waals surface area contributed by atoms with Crippen molar-refractivity contribution >= 4 is 28.6 Å². The van der Waals surface area contributed by atoms with Crippen molar-refractivity contribution in [3.63, 3.8) is 0 Å². The molecule has 107 valence electrons. The summed E-state index contributed by atoms with van der Waals surface area (Å²) in [6, 6.07) is 19.8. The summed E-state index contributed by atoms with van der Waals surface area (Å²) in [6.45, 7) is 0. The first-order chi connectivity index (χ1) is 10.4. The van der Waals surface area contributed by atoms with Gasteiger partial charge in [-0.25, -0.2) is 0 Å². The van der Waals surface area contributed by atoms with Gasteiger partial charge in [0.15, 0.2) is 0 Å². The van der Waals surface area contributed by atoms with Crippen LogP contribution in [0.2, 0.25) is 0 Å². The van der Waals surface area contributed by atoms with Gasteiger partial charge in [0, 0.05) is 17.1 Å². The molecule has 0 bridgehead atoms. The zero-order chi connectivity index (χ0) is 14.8. The zero-order valence-electron chi connectivity index (χ0n) is 11.7. The van der Waals surface area contributed by atoms with Gasteiger partial charge in [0.2, 0.25) is 5.12 Å². The first-order valence-electron chi connectivity index (χ1n) is 6.79. The van der Waals surface area contributed by atoms with Gasteiger partial charge in [0.05, 0.1) is 0 Å². The van der Waals surface area contributed by atoms with Crippen molar-refractivity contribution in [2.24, 2.45) is 0 Å². The van der Waals surface area contributed by atoms with Gasteiger partial charge in [-0.2, -0.15) is 0 Å². The fourth-order valence-electron chi connectivity index (χ4n) is 1.69. The molecule has 0 heterocycles. The molecule has 1 radical (unpaired) electrons. The van der Waals surface area contributed by atoms with E-state index in [1.807, 2.05) is 41.8 Å². The van der Waals surface area contributed by atoms with Crippen LogP contribution in [0.4, 0.5) is 0 Å². The molecule has 0 saturated heterocycles. The van der Waals surface area contributed by atoms with Crippen LogP contribution >= 0.6 is 23.5 Å². The minimum absolute atomic E-state index is 0.134. The van der Waals surface area contributed by atoms with E-state index >= 15 is 0 Å². The average molecular weight is 313 g/mol. The second-order valence-electron chi connectivity index (χ2n) is 4.37. The molecule has 0 saturated carbocycles. The Balaban J connectivity index is 1.59. The van der Waals surface area contributed by atoms with Crippen molar-refractivity contribution < 1.29 is 4.79 Å². The Morgan fingerprint density at radius 3 is 2.38 bits per heavy atom. The van der Waals surface area contributed by atoms with Gasteiger partial charge in [0.1, 0.15) is 0 Å². The third-order valence-corrected chi connectivity index (χ3v) is 4.49. The number of hydrogen-bond acceptors (Lipinski definition) is 3. The number of hydrogen-bond donors (Lipinski definition) is 0. The second-order valence-corrected chi connectivity index (χ2v) is 6.30. The summed E-state index contributed by atoms with van der Waals surface area (Å²) in [5, 5.41) is 2.13. The Bertz CT molecular complexity index is 564. The number of carbonyl (C=O) groups excluding carboxylic acids is 1. The third-order valence-electron chi connectivity index (χ3n) is 2.75. The van der Waals surface area contributed by atoms with Gasteiger partial charge in [-0.15, -0.1) is 11.8 Å². The maximum Gasteiger partial charge on any atom is 0.219 e. The molecule has 2 rings (SSSR count). The average Bonchev–Trinajstić information content (AvgIpc) is 2.55. The van der Waals surface area contributed by atoms with Gasteiger partial charge >= 0.3 is 0 Å². The number of thioether (sulfide) groups is 2. The maximum atomic E-state index is 11.8. The van der Waals surface area contributed by atoms with Crippen LogP contribution in [0.1, 0.15) is 22.3 Å². The SMILES string of the molecule is O=C(SCC[C]=CSCc1ccccc1)c1ccccc1. The summed E-state index contributed by atoms with van der Waals surface area (Å²) in [5.74, 6) is 1.74. The smallest absolute Gasteiger partial charge is 0.219 e. The maximum absolute atomic E-state index is 11.8. The Morgan fingerprint density at radius 2 is 1.67 bits per heavy atom. The molecule has 1 nitrogen and oxygen atoms in total. The largest absolute Gasteiger partial charge is 0.282 e. The van der Waals surface area contributed by atoms with E-state index < -0.39 is 0 Å². The van der Waals surface area contributed by atoms with Crippen LogP contribution in [0.5, 0.6) is 0 Å². The Hall–Kier alpha value is -1.45. The van der Waals surface area contributed by atoms with E-state index in [1.165, 1.54) is 17.3 Å². The van der Waals surface area contributed by atoms with Crippen LogP contribution in [-0.4, -0.2) is 10.9 Å². The highest BCUT2D eigenvalue weighted by atomic mass is 32.2. The quantitative estimate of drug-likeness (QED) is 0.654. The molecule has 2 aromatic rings. The fourth-order valence-corrected chi connectivity index (χ4v) is 3.10. The molecule has 0 aliphatic carbocycles. The second kappa shape index (κ2) is 9.48. The molecule has 2 aromatic carbocycles. The van der Waals surface area contributed by atoms with Gasteiger partial charge in [-0.05, 0) is 23.5 Å². The summed E-state index contributed by atoms with van der Waals surface area (Å²) in [4.78, 5) is 11.8. The monoisotopic (exact) mass is 313 g/mol. The Labute approximate surface area is 134 Å². The normalized spacial score (nSPS) is 10.9. The third kappa shape index (κ3) is 6.23. The van der Waals surface area contributed by atoms with Crippen LogP contribution in [0, 0.1) is 6.08 Å². The molecule has 0 N–H and O–H groups in total. The molecule has 3 heteroatoms. The van der Waals surface area contributed by atoms with Crippen molar-refractivity contribution in [1.29, 1.82) is 0 Å². The van der Waals surface area contributed by atoms with Gasteiger partial charge in [-0.3, -0.25) is 4.79 Å². The summed E-state index contributed by atoms with van der Waals surface area (Å²) < 4.78 is 0. The molecule has 21 heavy (non-hydrogen) atoms. The first kappa shape index (κ1) is 15.9. The minimum atomic E-state index is 0.134. The van der Waals surface area contributed by atoms with Crippen LogP contribution in [-0.2, 0) is 5.75 Å². The molecule has 0 fully saturated rings. The lowest BCUT2D eigenvalue weighted by Crippen LogP contribution is -1.93. The van der Waals surface area contributed by atoms with Crippen LogP contribution in [0.3, 0.4) is 0 Å². The van der Waals surface area contributed by atoms with Crippen LogP contribution in [0.15, 0.2) is 66.1 Å². The van der Waals surface area contributed by atoms with E-state index in [-0.39, 0.29) is 5.12 Å². The van der Waals surface area contributed by atoms with Crippen molar-refractivity contribution in [3.8, 4) is 0 Å². The van der Waals surface area contributed by atoms with Gasteiger partial charge in [0.25, 0.3) is 0 Å². The molecule has 0 spiro atoms. The molecule has 0 aliphatic rings. The fraction of sp³-hybridized carbons (Fsp3) is 0.167. The number of allylic oxidation sites excluding steroid dienone is 1. The van der Waals surface area contributed by atoms with E-state index in [9.17, 15) is 4.79 Å². The first-order valence-corrected chi connectivity index (χ1v) is 8.82.